The molecule has 0 aromatic heterocycles. The van der Waals surface area contributed by atoms with Crippen LogP contribution in [0.1, 0.15) is 86.5 Å². The summed E-state index contributed by atoms with van der Waals surface area (Å²) in [5.41, 5.74) is 1.90. The molecule has 2 N–H and O–H groups in total. The number of aliphatic hydroxyl groups is 2. The Hall–Kier alpha value is -0.600. The molecule has 0 aliphatic heterocycles. The molecule has 3 fully saturated rings. The van der Waals surface area contributed by atoms with Crippen LogP contribution in [0.15, 0.2) is 23.8 Å². The van der Waals surface area contributed by atoms with Crippen molar-refractivity contribution in [3.63, 3.8) is 0 Å². The van der Waals surface area contributed by atoms with Gasteiger partial charge in [0.05, 0.1) is 12.2 Å². The topological polar surface area (TPSA) is 40.5 Å². The van der Waals surface area contributed by atoms with E-state index in [0.717, 1.165) is 25.2 Å². The first-order chi connectivity index (χ1) is 14.1. The van der Waals surface area contributed by atoms with Crippen LogP contribution in [-0.2, 0) is 0 Å². The van der Waals surface area contributed by atoms with E-state index >= 15 is 0 Å². The van der Waals surface area contributed by atoms with Gasteiger partial charge in [0.15, 0.2) is 0 Å². The maximum absolute atomic E-state index is 11.3. The third-order valence-corrected chi connectivity index (χ3v) is 10.6. The van der Waals surface area contributed by atoms with Gasteiger partial charge in [-0.1, -0.05) is 65.3 Å². The second-order valence-corrected chi connectivity index (χ2v) is 12.4. The maximum atomic E-state index is 11.3. The van der Waals surface area contributed by atoms with Crippen LogP contribution in [0.2, 0.25) is 0 Å². The van der Waals surface area contributed by atoms with Gasteiger partial charge in [-0.15, -0.1) is 0 Å². The summed E-state index contributed by atoms with van der Waals surface area (Å²) in [5, 5.41) is 21.5. The average Bonchev–Trinajstić information content (AvgIpc) is 3.04. The van der Waals surface area contributed by atoms with E-state index in [9.17, 15) is 10.2 Å². The van der Waals surface area contributed by atoms with Gasteiger partial charge in [0.2, 0.25) is 0 Å². The van der Waals surface area contributed by atoms with Crippen LogP contribution in [0.25, 0.3) is 0 Å². The van der Waals surface area contributed by atoms with Crippen LogP contribution in [0.4, 0.5) is 0 Å². The Kier molecular flexibility index (Phi) is 6.08. The van der Waals surface area contributed by atoms with Crippen molar-refractivity contribution in [3.05, 3.63) is 23.8 Å². The summed E-state index contributed by atoms with van der Waals surface area (Å²) in [5.74, 6) is 4.31. The van der Waals surface area contributed by atoms with Crippen molar-refractivity contribution in [3.8, 4) is 0 Å². The third kappa shape index (κ3) is 3.54. The molecule has 0 amide bonds. The number of hydrogen-bond acceptors (Lipinski definition) is 2. The summed E-state index contributed by atoms with van der Waals surface area (Å²) in [6, 6.07) is 0. The number of aliphatic hydroxyl groups excluding tert-OH is 2. The Labute approximate surface area is 185 Å². The largest absolute Gasteiger partial charge is 0.393 e. The minimum Gasteiger partial charge on any atom is -0.393 e. The minimum absolute atomic E-state index is 0.195. The maximum Gasteiger partial charge on any atom is 0.0757 e. The van der Waals surface area contributed by atoms with Gasteiger partial charge in [0, 0.05) is 0 Å². The molecular formula is C28H46O2. The summed E-state index contributed by atoms with van der Waals surface area (Å²) >= 11 is 0. The second-order valence-electron chi connectivity index (χ2n) is 12.4. The highest BCUT2D eigenvalue weighted by Crippen LogP contribution is 2.67. The summed E-state index contributed by atoms with van der Waals surface area (Å²) in [6.07, 6.45) is 14.5. The molecule has 0 radical (unpaired) electrons. The summed E-state index contributed by atoms with van der Waals surface area (Å²) in [6.45, 7) is 14.4. The van der Waals surface area contributed by atoms with Gasteiger partial charge < -0.3 is 10.2 Å². The highest BCUT2D eigenvalue weighted by molar-refractivity contribution is 5.28. The molecule has 170 valence electrons. The van der Waals surface area contributed by atoms with Crippen molar-refractivity contribution < 1.29 is 10.2 Å². The lowest BCUT2D eigenvalue weighted by Gasteiger charge is -2.59. The van der Waals surface area contributed by atoms with E-state index in [4.69, 9.17) is 0 Å². The molecule has 30 heavy (non-hydrogen) atoms. The van der Waals surface area contributed by atoms with Crippen LogP contribution in [0, 0.1) is 52.3 Å². The van der Waals surface area contributed by atoms with Crippen molar-refractivity contribution >= 4 is 0 Å². The molecule has 2 nitrogen and oxygen atoms in total. The highest BCUT2D eigenvalue weighted by Gasteiger charge is 2.60. The standard InChI is InChI=1S/C28H46O2/c1-17(2)18(3)7-8-19(4)22-9-10-23-26-24(12-14-28(22,23)6)27(5)13-11-21(29)15-20(27)16-25(26)30/h7-8,16-19,21-26,29-30H,9-15H2,1-6H3/b8-7+/t18-,19-,21+,22-,23?,24?,25+,26?,27+,28-/m1/s1. The molecule has 4 rings (SSSR count). The van der Waals surface area contributed by atoms with E-state index in [-0.39, 0.29) is 17.6 Å². The van der Waals surface area contributed by atoms with Crippen LogP contribution in [-0.4, -0.2) is 22.4 Å². The molecule has 10 atom stereocenters. The molecule has 2 heteroatoms. The zero-order valence-corrected chi connectivity index (χ0v) is 20.3. The van der Waals surface area contributed by atoms with Gasteiger partial charge in [-0.2, -0.15) is 0 Å². The molecule has 4 aliphatic carbocycles. The van der Waals surface area contributed by atoms with Crippen molar-refractivity contribution in [2.45, 2.75) is 98.7 Å². The Morgan fingerprint density at radius 1 is 0.933 bits per heavy atom. The Bertz CT molecular complexity index is 693. The first-order valence-electron chi connectivity index (χ1n) is 12.8. The fourth-order valence-electron chi connectivity index (χ4n) is 8.24. The molecule has 0 saturated heterocycles. The lowest BCUT2D eigenvalue weighted by atomic mass is 9.46. The fourth-order valence-corrected chi connectivity index (χ4v) is 8.24. The highest BCUT2D eigenvalue weighted by atomic mass is 16.3. The second kappa shape index (κ2) is 8.07. The van der Waals surface area contributed by atoms with Crippen LogP contribution in [0.3, 0.4) is 0 Å². The van der Waals surface area contributed by atoms with Crippen LogP contribution < -0.4 is 0 Å². The van der Waals surface area contributed by atoms with E-state index in [0.29, 0.717) is 40.9 Å². The quantitative estimate of drug-likeness (QED) is 0.524. The third-order valence-electron chi connectivity index (χ3n) is 10.6. The molecule has 3 saturated carbocycles. The normalized spacial score (nSPS) is 48.1. The summed E-state index contributed by atoms with van der Waals surface area (Å²) in [4.78, 5) is 0. The SMILES string of the molecule is CC(C)[C@H](C)/C=C/[C@@H](C)[C@H]1CCC2C3C(CC[C@@]21C)[C@@]1(C)CC[C@H](O)CC1=C[C@@H]3O. The lowest BCUT2D eigenvalue weighted by molar-refractivity contribution is -0.0950. The summed E-state index contributed by atoms with van der Waals surface area (Å²) < 4.78 is 0. The number of hydrogen-bond donors (Lipinski definition) is 2. The first-order valence-corrected chi connectivity index (χ1v) is 12.8. The Morgan fingerprint density at radius 2 is 1.67 bits per heavy atom. The Balaban J connectivity index is 1.57. The number of rotatable bonds is 4. The van der Waals surface area contributed by atoms with E-state index in [2.05, 4.69) is 59.8 Å². The molecule has 3 unspecified atom stereocenters. The predicted molar refractivity (Wildman–Crippen MR) is 125 cm³/mol. The van der Waals surface area contributed by atoms with Gasteiger partial charge in [-0.25, -0.2) is 0 Å². The molecular weight excluding hydrogens is 368 g/mol. The monoisotopic (exact) mass is 414 g/mol. The molecule has 0 aromatic carbocycles. The van der Waals surface area contributed by atoms with Crippen molar-refractivity contribution in [2.24, 2.45) is 52.3 Å². The fraction of sp³-hybridized carbons (Fsp3) is 0.857. The minimum atomic E-state index is -0.321. The number of fused-ring (bicyclic) bond motifs is 5. The first kappa shape index (κ1) is 22.6. The van der Waals surface area contributed by atoms with Crippen molar-refractivity contribution in [1.82, 2.24) is 0 Å². The molecule has 0 aromatic rings. The molecule has 0 heterocycles. The number of allylic oxidation sites excluding steroid dienone is 2. The van der Waals surface area contributed by atoms with E-state index in [1.165, 1.54) is 31.3 Å². The summed E-state index contributed by atoms with van der Waals surface area (Å²) in [7, 11) is 0. The lowest BCUT2D eigenvalue weighted by Crippen LogP contribution is -2.54. The van der Waals surface area contributed by atoms with Crippen LogP contribution >= 0.6 is 0 Å². The van der Waals surface area contributed by atoms with Gasteiger partial charge in [-0.3, -0.25) is 0 Å². The van der Waals surface area contributed by atoms with Gasteiger partial charge in [0.1, 0.15) is 0 Å². The Morgan fingerprint density at radius 3 is 2.37 bits per heavy atom. The zero-order chi connectivity index (χ0) is 21.8. The predicted octanol–water partition coefficient (Wildman–Crippen LogP) is 6.38. The van der Waals surface area contributed by atoms with E-state index in [1.807, 2.05) is 0 Å². The van der Waals surface area contributed by atoms with Gasteiger partial charge >= 0.3 is 0 Å². The molecule has 0 spiro atoms. The van der Waals surface area contributed by atoms with E-state index < -0.39 is 0 Å². The van der Waals surface area contributed by atoms with Gasteiger partial charge in [0.25, 0.3) is 0 Å². The van der Waals surface area contributed by atoms with Crippen molar-refractivity contribution in [2.75, 3.05) is 0 Å². The smallest absolute Gasteiger partial charge is 0.0757 e. The average molecular weight is 415 g/mol. The van der Waals surface area contributed by atoms with Crippen molar-refractivity contribution in [1.29, 1.82) is 0 Å². The molecule has 4 aliphatic rings. The zero-order valence-electron chi connectivity index (χ0n) is 20.3. The van der Waals surface area contributed by atoms with Crippen LogP contribution in [0.5, 0.6) is 0 Å². The van der Waals surface area contributed by atoms with Gasteiger partial charge in [-0.05, 0) is 97.2 Å². The molecule has 0 bridgehead atoms. The van der Waals surface area contributed by atoms with E-state index in [1.54, 1.807) is 0 Å².